The normalized spacial score (nSPS) is 12.7. The van der Waals surface area contributed by atoms with Crippen molar-refractivity contribution in [3.05, 3.63) is 49.7 Å². The van der Waals surface area contributed by atoms with Crippen LogP contribution in [0.3, 0.4) is 0 Å². The predicted octanol–water partition coefficient (Wildman–Crippen LogP) is 4.69. The molecule has 1 aromatic heterocycles. The van der Waals surface area contributed by atoms with Crippen LogP contribution in [0, 0.1) is 6.92 Å². The highest BCUT2D eigenvalue weighted by atomic mass is 79.9. The van der Waals surface area contributed by atoms with E-state index in [1.165, 1.54) is 0 Å². The van der Waals surface area contributed by atoms with Gasteiger partial charge in [-0.1, -0.05) is 46.1 Å². The standard InChI is InChI=1S/C15H18BrCl2N3/c1-4-19-13(11-7-10(17)5-6-12(11)16)8-14-15(18)9(2)20-21(14)3/h5-7,13,19H,4,8H2,1-3H3. The van der Waals surface area contributed by atoms with Crippen LogP contribution in [0.15, 0.2) is 22.7 Å². The molecule has 0 saturated heterocycles. The fourth-order valence-corrected chi connectivity index (χ4v) is 3.36. The minimum absolute atomic E-state index is 0.121. The van der Waals surface area contributed by atoms with Gasteiger partial charge in [0.1, 0.15) is 0 Å². The number of likely N-dealkylation sites (N-methyl/N-ethyl adjacent to an activating group) is 1. The Morgan fingerprint density at radius 2 is 2.10 bits per heavy atom. The number of aryl methyl sites for hydroxylation is 2. The lowest BCUT2D eigenvalue weighted by Crippen LogP contribution is -2.24. The highest BCUT2D eigenvalue weighted by molar-refractivity contribution is 9.10. The summed E-state index contributed by atoms with van der Waals surface area (Å²) < 4.78 is 2.88. The Morgan fingerprint density at radius 1 is 1.38 bits per heavy atom. The fraction of sp³-hybridized carbons (Fsp3) is 0.400. The van der Waals surface area contributed by atoms with Crippen molar-refractivity contribution in [2.45, 2.75) is 26.3 Å². The lowest BCUT2D eigenvalue weighted by Gasteiger charge is -2.20. The van der Waals surface area contributed by atoms with Gasteiger partial charge in [0.15, 0.2) is 0 Å². The van der Waals surface area contributed by atoms with Crippen molar-refractivity contribution in [3.63, 3.8) is 0 Å². The Kier molecular flexibility index (Phi) is 5.72. The number of nitrogens with one attached hydrogen (secondary N) is 1. The molecule has 0 saturated carbocycles. The third-order valence-electron chi connectivity index (χ3n) is 3.44. The average molecular weight is 391 g/mol. The number of rotatable bonds is 5. The van der Waals surface area contributed by atoms with Gasteiger partial charge in [-0.25, -0.2) is 0 Å². The van der Waals surface area contributed by atoms with Gasteiger partial charge in [-0.05, 0) is 37.2 Å². The van der Waals surface area contributed by atoms with Gasteiger partial charge in [0.25, 0.3) is 0 Å². The molecule has 0 radical (unpaired) electrons. The molecule has 21 heavy (non-hydrogen) atoms. The molecular weight excluding hydrogens is 373 g/mol. The summed E-state index contributed by atoms with van der Waals surface area (Å²) in [6.07, 6.45) is 0.753. The van der Waals surface area contributed by atoms with Gasteiger partial charge in [-0.15, -0.1) is 0 Å². The average Bonchev–Trinajstić information content (AvgIpc) is 2.67. The van der Waals surface area contributed by atoms with E-state index in [0.717, 1.165) is 44.4 Å². The summed E-state index contributed by atoms with van der Waals surface area (Å²) in [6.45, 7) is 4.86. The van der Waals surface area contributed by atoms with E-state index in [1.807, 2.05) is 36.9 Å². The van der Waals surface area contributed by atoms with Crippen LogP contribution < -0.4 is 5.32 Å². The first-order chi connectivity index (χ1) is 9.93. The SMILES string of the molecule is CCNC(Cc1c(Cl)c(C)nn1C)c1cc(Cl)ccc1Br. The van der Waals surface area contributed by atoms with E-state index in [4.69, 9.17) is 23.2 Å². The molecule has 114 valence electrons. The molecule has 0 fully saturated rings. The Hall–Kier alpha value is -0.550. The number of halogens is 3. The molecule has 0 aliphatic heterocycles. The molecule has 0 spiro atoms. The molecular formula is C15H18BrCl2N3. The van der Waals surface area contributed by atoms with Crippen molar-refractivity contribution in [2.75, 3.05) is 6.54 Å². The molecule has 1 atom stereocenters. The molecule has 0 bridgehead atoms. The van der Waals surface area contributed by atoms with Crippen molar-refractivity contribution in [3.8, 4) is 0 Å². The number of hydrogen-bond donors (Lipinski definition) is 1. The first-order valence-electron chi connectivity index (χ1n) is 6.80. The summed E-state index contributed by atoms with van der Waals surface area (Å²) in [7, 11) is 1.92. The summed E-state index contributed by atoms with van der Waals surface area (Å²) in [5.74, 6) is 0. The first-order valence-corrected chi connectivity index (χ1v) is 8.35. The summed E-state index contributed by atoms with van der Waals surface area (Å²) >= 11 is 16.1. The van der Waals surface area contributed by atoms with Crippen LogP contribution in [0.4, 0.5) is 0 Å². The van der Waals surface area contributed by atoms with Gasteiger partial charge in [-0.2, -0.15) is 5.10 Å². The first kappa shape index (κ1) is 16.8. The van der Waals surface area contributed by atoms with Crippen LogP contribution in [0.1, 0.15) is 29.9 Å². The van der Waals surface area contributed by atoms with Crippen molar-refractivity contribution in [1.82, 2.24) is 15.1 Å². The Labute approximate surface area is 143 Å². The molecule has 0 aliphatic rings. The van der Waals surface area contributed by atoms with Crippen LogP contribution in [0.25, 0.3) is 0 Å². The number of benzene rings is 1. The summed E-state index contributed by atoms with van der Waals surface area (Å²) in [4.78, 5) is 0. The lowest BCUT2D eigenvalue weighted by atomic mass is 10.0. The van der Waals surface area contributed by atoms with Crippen molar-refractivity contribution in [1.29, 1.82) is 0 Å². The molecule has 3 nitrogen and oxygen atoms in total. The van der Waals surface area contributed by atoms with Gasteiger partial charge in [0.05, 0.1) is 16.4 Å². The van der Waals surface area contributed by atoms with E-state index < -0.39 is 0 Å². The second-order valence-electron chi connectivity index (χ2n) is 4.95. The Morgan fingerprint density at radius 3 is 2.67 bits per heavy atom. The molecule has 6 heteroatoms. The maximum absolute atomic E-state index is 6.37. The summed E-state index contributed by atoms with van der Waals surface area (Å²) in [5, 5.41) is 9.33. The second kappa shape index (κ2) is 7.14. The molecule has 0 aliphatic carbocycles. The highest BCUT2D eigenvalue weighted by Gasteiger charge is 2.20. The maximum atomic E-state index is 6.37. The zero-order chi connectivity index (χ0) is 15.6. The van der Waals surface area contributed by atoms with Crippen molar-refractivity contribution >= 4 is 39.1 Å². The van der Waals surface area contributed by atoms with Crippen LogP contribution >= 0.6 is 39.1 Å². The molecule has 1 N–H and O–H groups in total. The smallest absolute Gasteiger partial charge is 0.0847 e. The van der Waals surface area contributed by atoms with Gasteiger partial charge in [0, 0.05) is 29.0 Å². The Bertz CT molecular complexity index is 640. The third-order valence-corrected chi connectivity index (χ3v) is 4.89. The third kappa shape index (κ3) is 3.81. The minimum Gasteiger partial charge on any atom is -0.310 e. The number of hydrogen-bond acceptors (Lipinski definition) is 2. The van der Waals surface area contributed by atoms with Crippen LogP contribution in [-0.2, 0) is 13.5 Å². The second-order valence-corrected chi connectivity index (χ2v) is 6.62. The van der Waals surface area contributed by atoms with Crippen LogP contribution in [-0.4, -0.2) is 16.3 Å². The zero-order valence-electron chi connectivity index (χ0n) is 12.3. The Balaban J connectivity index is 2.37. The monoisotopic (exact) mass is 389 g/mol. The van der Waals surface area contributed by atoms with Crippen molar-refractivity contribution < 1.29 is 0 Å². The van der Waals surface area contributed by atoms with Gasteiger partial charge >= 0.3 is 0 Å². The molecule has 2 aromatic rings. The van der Waals surface area contributed by atoms with Gasteiger partial charge < -0.3 is 5.32 Å². The number of aromatic nitrogens is 2. The van der Waals surface area contributed by atoms with E-state index in [1.54, 1.807) is 0 Å². The molecule has 1 unspecified atom stereocenters. The molecule has 1 heterocycles. The van der Waals surface area contributed by atoms with E-state index in [9.17, 15) is 0 Å². The van der Waals surface area contributed by atoms with E-state index >= 15 is 0 Å². The number of nitrogens with zero attached hydrogens (tertiary/aromatic N) is 2. The van der Waals surface area contributed by atoms with Crippen LogP contribution in [0.2, 0.25) is 10.0 Å². The minimum atomic E-state index is 0.121. The van der Waals surface area contributed by atoms with Crippen molar-refractivity contribution in [2.24, 2.45) is 7.05 Å². The van der Waals surface area contributed by atoms with E-state index in [2.05, 4.69) is 33.3 Å². The fourth-order valence-electron chi connectivity index (χ4n) is 2.42. The van der Waals surface area contributed by atoms with Gasteiger partial charge in [-0.3, -0.25) is 4.68 Å². The van der Waals surface area contributed by atoms with Gasteiger partial charge in [0.2, 0.25) is 0 Å². The summed E-state index contributed by atoms with van der Waals surface area (Å²) in [5.41, 5.74) is 3.00. The zero-order valence-corrected chi connectivity index (χ0v) is 15.3. The maximum Gasteiger partial charge on any atom is 0.0847 e. The van der Waals surface area contributed by atoms with Crippen LogP contribution in [0.5, 0.6) is 0 Å². The molecule has 0 amide bonds. The predicted molar refractivity (Wildman–Crippen MR) is 92.2 cm³/mol. The lowest BCUT2D eigenvalue weighted by molar-refractivity contribution is 0.527. The quantitative estimate of drug-likeness (QED) is 0.802. The largest absolute Gasteiger partial charge is 0.310 e. The molecule has 2 rings (SSSR count). The highest BCUT2D eigenvalue weighted by Crippen LogP contribution is 2.31. The molecule has 1 aromatic carbocycles. The summed E-state index contributed by atoms with van der Waals surface area (Å²) in [6, 6.07) is 5.95. The van der Waals surface area contributed by atoms with E-state index in [-0.39, 0.29) is 6.04 Å². The van der Waals surface area contributed by atoms with E-state index in [0.29, 0.717) is 0 Å². The topological polar surface area (TPSA) is 29.9 Å².